The zero-order valence-electron chi connectivity index (χ0n) is 12.2. The first-order valence-electron chi connectivity index (χ1n) is 7.61. The van der Waals surface area contributed by atoms with Gasteiger partial charge in [-0.1, -0.05) is 30.3 Å². The summed E-state index contributed by atoms with van der Waals surface area (Å²) in [5, 5.41) is 1.52. The molecule has 0 N–H and O–H groups in total. The van der Waals surface area contributed by atoms with Gasteiger partial charge in [-0.15, -0.1) is 11.6 Å². The molecule has 1 saturated carbocycles. The summed E-state index contributed by atoms with van der Waals surface area (Å²) < 4.78 is 19.4. The summed E-state index contributed by atoms with van der Waals surface area (Å²) in [7, 11) is 0. The van der Waals surface area contributed by atoms with E-state index in [0.29, 0.717) is 17.4 Å². The molecule has 1 unspecified atom stereocenters. The monoisotopic (exact) mass is 306 g/mol. The molecule has 2 aromatic carbocycles. The first-order chi connectivity index (χ1) is 10.2. The molecule has 3 heteroatoms. The number of fused-ring (bicyclic) bond motifs is 1. The van der Waals surface area contributed by atoms with Crippen molar-refractivity contribution in [2.24, 2.45) is 5.92 Å². The summed E-state index contributed by atoms with van der Waals surface area (Å²) in [5.74, 6) is 0.436. The maximum absolute atomic E-state index is 13.8. The maximum Gasteiger partial charge on any atom is 0.131 e. The van der Waals surface area contributed by atoms with Crippen LogP contribution in [0.4, 0.5) is 4.39 Å². The first-order valence-corrected chi connectivity index (χ1v) is 8.05. The number of hydrogen-bond acceptors (Lipinski definition) is 1. The quantitative estimate of drug-likeness (QED) is 0.666. The molecule has 1 aliphatic rings. The normalized spacial score (nSPS) is 23.0. The van der Waals surface area contributed by atoms with Crippen molar-refractivity contribution in [3.8, 4) is 0 Å². The highest BCUT2D eigenvalue weighted by atomic mass is 35.5. The number of hydrogen-bond donors (Lipinski definition) is 0. The summed E-state index contributed by atoms with van der Waals surface area (Å²) in [6.45, 7) is 2.81. The molecule has 112 valence electrons. The minimum absolute atomic E-state index is 0.0666. The van der Waals surface area contributed by atoms with Crippen LogP contribution in [0.25, 0.3) is 10.8 Å². The van der Waals surface area contributed by atoms with Crippen molar-refractivity contribution in [3.63, 3.8) is 0 Å². The van der Waals surface area contributed by atoms with E-state index < -0.39 is 0 Å². The fraction of sp³-hybridized carbons (Fsp3) is 0.444. The Kier molecular flexibility index (Phi) is 4.46. The van der Waals surface area contributed by atoms with E-state index in [4.69, 9.17) is 16.3 Å². The van der Waals surface area contributed by atoms with Gasteiger partial charge in [-0.25, -0.2) is 4.39 Å². The van der Waals surface area contributed by atoms with Gasteiger partial charge in [0, 0.05) is 12.0 Å². The molecule has 1 nitrogen and oxygen atoms in total. The lowest BCUT2D eigenvalue weighted by Crippen LogP contribution is -2.31. The highest BCUT2D eigenvalue weighted by Crippen LogP contribution is 2.41. The van der Waals surface area contributed by atoms with Gasteiger partial charge >= 0.3 is 0 Å². The minimum atomic E-state index is -0.182. The first kappa shape index (κ1) is 14.8. The Labute approximate surface area is 130 Å². The van der Waals surface area contributed by atoms with E-state index in [-0.39, 0.29) is 11.2 Å². The second-order valence-corrected chi connectivity index (χ2v) is 6.33. The smallest absolute Gasteiger partial charge is 0.131 e. The lowest BCUT2D eigenvalue weighted by atomic mass is 9.78. The lowest BCUT2D eigenvalue weighted by molar-refractivity contribution is -0.0267. The van der Waals surface area contributed by atoms with Crippen LogP contribution in [0.15, 0.2) is 36.4 Å². The third-order valence-electron chi connectivity index (χ3n) is 4.38. The molecular weight excluding hydrogens is 287 g/mol. The molecule has 21 heavy (non-hydrogen) atoms. The SMILES string of the molecule is CCOC1CC(CC(Cl)c2ccc(F)c3ccccc23)C1. The Morgan fingerprint density at radius 1 is 1.19 bits per heavy atom. The largest absolute Gasteiger partial charge is 0.378 e. The Morgan fingerprint density at radius 3 is 2.62 bits per heavy atom. The van der Waals surface area contributed by atoms with Crippen molar-refractivity contribution in [1.82, 2.24) is 0 Å². The van der Waals surface area contributed by atoms with Crippen LogP contribution in [-0.4, -0.2) is 12.7 Å². The van der Waals surface area contributed by atoms with Crippen molar-refractivity contribution in [2.45, 2.75) is 37.7 Å². The van der Waals surface area contributed by atoms with Crippen LogP contribution in [0.5, 0.6) is 0 Å². The lowest BCUT2D eigenvalue weighted by Gasteiger charge is -2.36. The van der Waals surface area contributed by atoms with Gasteiger partial charge in [0.1, 0.15) is 5.82 Å². The molecule has 0 radical (unpaired) electrons. The molecule has 1 atom stereocenters. The van der Waals surface area contributed by atoms with Crippen LogP contribution in [-0.2, 0) is 4.74 Å². The third-order valence-corrected chi connectivity index (χ3v) is 4.79. The van der Waals surface area contributed by atoms with Crippen molar-refractivity contribution in [2.75, 3.05) is 6.61 Å². The van der Waals surface area contributed by atoms with Crippen molar-refractivity contribution >= 4 is 22.4 Å². The molecule has 0 saturated heterocycles. The van der Waals surface area contributed by atoms with Crippen LogP contribution in [0.1, 0.15) is 37.1 Å². The minimum Gasteiger partial charge on any atom is -0.378 e. The van der Waals surface area contributed by atoms with Crippen molar-refractivity contribution in [1.29, 1.82) is 0 Å². The average molecular weight is 307 g/mol. The van der Waals surface area contributed by atoms with E-state index in [0.717, 1.165) is 36.8 Å². The number of benzene rings is 2. The Bertz CT molecular complexity index is 622. The van der Waals surface area contributed by atoms with Gasteiger partial charge in [0.05, 0.1) is 11.5 Å². The van der Waals surface area contributed by atoms with Gasteiger partial charge in [-0.3, -0.25) is 0 Å². The van der Waals surface area contributed by atoms with E-state index in [1.165, 1.54) is 6.07 Å². The Morgan fingerprint density at radius 2 is 1.90 bits per heavy atom. The van der Waals surface area contributed by atoms with Crippen LogP contribution in [0.2, 0.25) is 0 Å². The topological polar surface area (TPSA) is 9.23 Å². The summed E-state index contributed by atoms with van der Waals surface area (Å²) in [6.07, 6.45) is 3.53. The van der Waals surface area contributed by atoms with E-state index >= 15 is 0 Å². The summed E-state index contributed by atoms with van der Waals surface area (Å²) in [4.78, 5) is 0. The molecule has 0 spiro atoms. The molecule has 0 amide bonds. The molecule has 0 aromatic heterocycles. The molecule has 1 fully saturated rings. The average Bonchev–Trinajstić information content (AvgIpc) is 2.45. The van der Waals surface area contributed by atoms with Gasteiger partial charge in [-0.05, 0) is 49.1 Å². The van der Waals surface area contributed by atoms with E-state index in [2.05, 4.69) is 0 Å². The van der Waals surface area contributed by atoms with Gasteiger partial charge in [-0.2, -0.15) is 0 Å². The summed E-state index contributed by atoms with van der Waals surface area (Å²) in [6, 6.07) is 10.9. The third kappa shape index (κ3) is 3.07. The Hall–Kier alpha value is -1.12. The van der Waals surface area contributed by atoms with Crippen LogP contribution in [0, 0.1) is 11.7 Å². The van der Waals surface area contributed by atoms with E-state index in [1.54, 1.807) is 0 Å². The maximum atomic E-state index is 13.8. The molecular formula is C18H20ClFO. The van der Waals surface area contributed by atoms with E-state index in [1.807, 2.05) is 37.3 Å². The number of rotatable bonds is 5. The van der Waals surface area contributed by atoms with E-state index in [9.17, 15) is 4.39 Å². The van der Waals surface area contributed by atoms with Gasteiger partial charge in [0.2, 0.25) is 0 Å². The fourth-order valence-electron chi connectivity index (χ4n) is 3.22. The number of halogens is 2. The fourth-order valence-corrected chi connectivity index (χ4v) is 3.66. The van der Waals surface area contributed by atoms with Crippen LogP contribution in [0.3, 0.4) is 0 Å². The number of alkyl halides is 1. The summed E-state index contributed by atoms with van der Waals surface area (Å²) in [5.41, 5.74) is 1.04. The molecule has 2 aromatic rings. The second kappa shape index (κ2) is 6.33. The molecule has 0 aliphatic heterocycles. The standard InChI is InChI=1S/C18H20ClFO/c1-2-21-13-9-12(10-13)11-17(19)15-7-8-18(20)16-6-4-3-5-14(15)16/h3-8,12-13,17H,2,9-11H2,1H3. The van der Waals surface area contributed by atoms with Crippen LogP contribution >= 0.6 is 11.6 Å². The zero-order chi connectivity index (χ0) is 14.8. The van der Waals surface area contributed by atoms with Crippen molar-refractivity contribution < 1.29 is 9.13 Å². The van der Waals surface area contributed by atoms with Gasteiger partial charge in [0.25, 0.3) is 0 Å². The molecule has 0 heterocycles. The predicted octanol–water partition coefficient (Wildman–Crippen LogP) is 5.46. The number of ether oxygens (including phenoxy) is 1. The van der Waals surface area contributed by atoms with Gasteiger partial charge < -0.3 is 4.74 Å². The second-order valence-electron chi connectivity index (χ2n) is 5.80. The molecule has 1 aliphatic carbocycles. The Balaban J connectivity index is 1.74. The molecule has 3 rings (SSSR count). The van der Waals surface area contributed by atoms with Crippen LogP contribution < -0.4 is 0 Å². The highest BCUT2D eigenvalue weighted by Gasteiger charge is 2.31. The predicted molar refractivity (Wildman–Crippen MR) is 85.3 cm³/mol. The summed E-state index contributed by atoms with van der Waals surface area (Å²) >= 11 is 6.61. The molecule has 0 bridgehead atoms. The highest BCUT2D eigenvalue weighted by molar-refractivity contribution is 6.21. The van der Waals surface area contributed by atoms with Gasteiger partial charge in [0.15, 0.2) is 0 Å². The zero-order valence-corrected chi connectivity index (χ0v) is 12.9. The van der Waals surface area contributed by atoms with Crippen molar-refractivity contribution in [3.05, 3.63) is 47.8 Å².